The highest BCUT2D eigenvalue weighted by molar-refractivity contribution is 7.98. The molecule has 1 atom stereocenters. The van der Waals surface area contributed by atoms with E-state index in [4.69, 9.17) is 8.94 Å². The van der Waals surface area contributed by atoms with E-state index in [1.165, 1.54) is 0 Å². The van der Waals surface area contributed by atoms with E-state index in [1.807, 2.05) is 32.9 Å². The molecule has 1 N–H and O–H groups in total. The number of thioether (sulfide) groups is 1. The molecule has 126 valence electrons. The molecule has 0 saturated carbocycles. The fourth-order valence-electron chi connectivity index (χ4n) is 1.85. The first-order chi connectivity index (χ1) is 11.6. The molecule has 8 nitrogen and oxygen atoms in total. The second kappa shape index (κ2) is 7.43. The fraction of sp³-hybridized carbons (Fsp3) is 0.400. The minimum absolute atomic E-state index is 0.217. The van der Waals surface area contributed by atoms with Crippen molar-refractivity contribution in [3.63, 3.8) is 0 Å². The van der Waals surface area contributed by atoms with Gasteiger partial charge in [-0.2, -0.15) is 4.98 Å². The van der Waals surface area contributed by atoms with E-state index < -0.39 is 0 Å². The van der Waals surface area contributed by atoms with E-state index in [1.54, 1.807) is 24.2 Å². The molecule has 0 aliphatic rings. The SMILES string of the molecule is CC(C)c1noc(C(C)Nc2nnc(CSc3ccncc3)o2)n1. The van der Waals surface area contributed by atoms with Gasteiger partial charge in [-0.05, 0) is 19.1 Å². The standard InChI is InChI=1S/C15H18N6O2S/c1-9(2)13-18-14(23-21-13)10(3)17-15-20-19-12(22-15)8-24-11-4-6-16-7-5-11/h4-7,9-10H,8H2,1-3H3,(H,17,20). The van der Waals surface area contributed by atoms with Crippen molar-refractivity contribution in [1.82, 2.24) is 25.3 Å². The van der Waals surface area contributed by atoms with Crippen molar-refractivity contribution in [1.29, 1.82) is 0 Å². The van der Waals surface area contributed by atoms with E-state index >= 15 is 0 Å². The van der Waals surface area contributed by atoms with Crippen molar-refractivity contribution < 1.29 is 8.94 Å². The third-order valence-corrected chi connectivity index (χ3v) is 4.16. The zero-order chi connectivity index (χ0) is 16.9. The van der Waals surface area contributed by atoms with Crippen LogP contribution in [0.4, 0.5) is 6.01 Å². The van der Waals surface area contributed by atoms with Gasteiger partial charge in [0.1, 0.15) is 6.04 Å². The molecule has 0 saturated heterocycles. The second-order valence-corrected chi connectivity index (χ2v) is 6.53. The van der Waals surface area contributed by atoms with Gasteiger partial charge in [0.15, 0.2) is 5.82 Å². The minimum atomic E-state index is -0.217. The third-order valence-electron chi connectivity index (χ3n) is 3.16. The fourth-order valence-corrected chi connectivity index (χ4v) is 2.58. The zero-order valence-corrected chi connectivity index (χ0v) is 14.4. The van der Waals surface area contributed by atoms with E-state index in [0.717, 1.165) is 4.90 Å². The molecule has 3 rings (SSSR count). The Labute approximate surface area is 143 Å². The summed E-state index contributed by atoms with van der Waals surface area (Å²) < 4.78 is 10.8. The van der Waals surface area contributed by atoms with Gasteiger partial charge in [-0.3, -0.25) is 4.98 Å². The molecular weight excluding hydrogens is 328 g/mol. The summed E-state index contributed by atoms with van der Waals surface area (Å²) in [5.74, 6) is 2.52. The summed E-state index contributed by atoms with van der Waals surface area (Å²) in [4.78, 5) is 9.43. The molecule has 0 aliphatic heterocycles. The van der Waals surface area contributed by atoms with Crippen LogP contribution in [-0.4, -0.2) is 25.3 Å². The van der Waals surface area contributed by atoms with Gasteiger partial charge in [0.25, 0.3) is 0 Å². The van der Waals surface area contributed by atoms with Crippen LogP contribution in [0, 0.1) is 0 Å². The lowest BCUT2D eigenvalue weighted by Gasteiger charge is -2.05. The first kappa shape index (κ1) is 16.4. The molecule has 0 fully saturated rings. The number of hydrogen-bond acceptors (Lipinski definition) is 9. The van der Waals surface area contributed by atoms with Gasteiger partial charge in [0.05, 0.1) is 5.75 Å². The summed E-state index contributed by atoms with van der Waals surface area (Å²) >= 11 is 1.60. The van der Waals surface area contributed by atoms with Crippen LogP contribution in [0.5, 0.6) is 0 Å². The quantitative estimate of drug-likeness (QED) is 0.644. The van der Waals surface area contributed by atoms with E-state index in [2.05, 4.69) is 30.6 Å². The van der Waals surface area contributed by atoms with Gasteiger partial charge in [0, 0.05) is 23.2 Å². The van der Waals surface area contributed by atoms with Crippen LogP contribution in [0.3, 0.4) is 0 Å². The van der Waals surface area contributed by atoms with Crippen LogP contribution in [0.15, 0.2) is 38.4 Å². The van der Waals surface area contributed by atoms with Crippen molar-refractivity contribution in [2.45, 2.75) is 43.4 Å². The monoisotopic (exact) mass is 346 g/mol. The second-order valence-electron chi connectivity index (χ2n) is 5.48. The number of nitrogens with one attached hydrogen (secondary N) is 1. The van der Waals surface area contributed by atoms with E-state index in [-0.39, 0.29) is 12.0 Å². The van der Waals surface area contributed by atoms with Crippen molar-refractivity contribution in [3.8, 4) is 0 Å². The number of hydrogen-bond donors (Lipinski definition) is 1. The van der Waals surface area contributed by atoms with Gasteiger partial charge in [-0.1, -0.05) is 24.1 Å². The molecule has 0 amide bonds. The Morgan fingerprint density at radius 1 is 1.17 bits per heavy atom. The van der Waals surface area contributed by atoms with E-state index in [9.17, 15) is 0 Å². The van der Waals surface area contributed by atoms with Crippen LogP contribution in [-0.2, 0) is 5.75 Å². The first-order valence-electron chi connectivity index (χ1n) is 7.57. The molecule has 24 heavy (non-hydrogen) atoms. The lowest BCUT2D eigenvalue weighted by atomic mass is 10.2. The molecule has 1 unspecified atom stereocenters. The maximum atomic E-state index is 5.59. The highest BCUT2D eigenvalue weighted by Crippen LogP contribution is 2.23. The molecular formula is C15H18N6O2S. The Bertz CT molecular complexity index is 773. The Hall–Kier alpha value is -2.42. The van der Waals surface area contributed by atoms with Gasteiger partial charge < -0.3 is 14.3 Å². The molecule has 0 radical (unpaired) electrons. The van der Waals surface area contributed by atoms with Crippen LogP contribution < -0.4 is 5.32 Å². The largest absolute Gasteiger partial charge is 0.407 e. The summed E-state index contributed by atoms with van der Waals surface area (Å²) in [7, 11) is 0. The van der Waals surface area contributed by atoms with Crippen molar-refractivity contribution >= 4 is 17.8 Å². The molecule has 0 aromatic carbocycles. The normalized spacial score (nSPS) is 12.5. The third kappa shape index (κ3) is 4.10. The van der Waals surface area contributed by atoms with Gasteiger partial charge in [-0.25, -0.2) is 0 Å². The highest BCUT2D eigenvalue weighted by Gasteiger charge is 2.18. The minimum Gasteiger partial charge on any atom is -0.407 e. The Morgan fingerprint density at radius 3 is 2.67 bits per heavy atom. The van der Waals surface area contributed by atoms with Crippen molar-refractivity contribution in [2.75, 3.05) is 5.32 Å². The highest BCUT2D eigenvalue weighted by atomic mass is 32.2. The van der Waals surface area contributed by atoms with E-state index in [0.29, 0.717) is 29.4 Å². The van der Waals surface area contributed by atoms with Crippen LogP contribution in [0.1, 0.15) is 50.3 Å². The molecule has 0 bridgehead atoms. The molecule has 9 heteroatoms. The molecule has 3 aromatic rings. The lowest BCUT2D eigenvalue weighted by molar-refractivity contribution is 0.359. The van der Waals surface area contributed by atoms with Crippen LogP contribution in [0.25, 0.3) is 0 Å². The van der Waals surface area contributed by atoms with Crippen LogP contribution >= 0.6 is 11.8 Å². The topological polar surface area (TPSA) is 103 Å². The van der Waals surface area contributed by atoms with Crippen molar-refractivity contribution in [3.05, 3.63) is 42.1 Å². The van der Waals surface area contributed by atoms with Gasteiger partial charge in [-0.15, -0.1) is 16.9 Å². The van der Waals surface area contributed by atoms with Crippen molar-refractivity contribution in [2.24, 2.45) is 0 Å². The molecule has 0 aliphatic carbocycles. The average Bonchev–Trinajstić information content (AvgIpc) is 3.23. The first-order valence-corrected chi connectivity index (χ1v) is 8.55. The summed E-state index contributed by atoms with van der Waals surface area (Å²) in [6.07, 6.45) is 3.50. The zero-order valence-electron chi connectivity index (χ0n) is 13.6. The summed E-state index contributed by atoms with van der Waals surface area (Å²) in [5.41, 5.74) is 0. The molecule has 3 aromatic heterocycles. The number of nitrogens with zero attached hydrogens (tertiary/aromatic N) is 5. The average molecular weight is 346 g/mol. The lowest BCUT2D eigenvalue weighted by Crippen LogP contribution is -2.07. The smallest absolute Gasteiger partial charge is 0.316 e. The number of rotatable bonds is 7. The maximum Gasteiger partial charge on any atom is 0.316 e. The summed E-state index contributed by atoms with van der Waals surface area (Å²) in [5, 5.41) is 15.0. The predicted molar refractivity (Wildman–Crippen MR) is 88.5 cm³/mol. The van der Waals surface area contributed by atoms with Gasteiger partial charge in [0.2, 0.25) is 11.8 Å². The molecule has 3 heterocycles. The van der Waals surface area contributed by atoms with Gasteiger partial charge >= 0.3 is 6.01 Å². The summed E-state index contributed by atoms with van der Waals surface area (Å²) in [6.45, 7) is 5.92. The summed E-state index contributed by atoms with van der Waals surface area (Å²) in [6, 6.07) is 3.98. The number of aromatic nitrogens is 5. The Morgan fingerprint density at radius 2 is 1.96 bits per heavy atom. The maximum absolute atomic E-state index is 5.59. The Balaban J connectivity index is 1.56. The number of pyridine rings is 1. The molecule has 0 spiro atoms. The predicted octanol–water partition coefficient (Wildman–Crippen LogP) is 3.44. The Kier molecular flexibility index (Phi) is 5.09. The number of anilines is 1. The van der Waals surface area contributed by atoms with Crippen LogP contribution in [0.2, 0.25) is 0 Å².